The second kappa shape index (κ2) is 14.2. The van der Waals surface area contributed by atoms with E-state index in [2.05, 4.69) is 10.1 Å². The second-order valence-electron chi connectivity index (χ2n) is 4.63. The van der Waals surface area contributed by atoms with Crippen LogP contribution in [-0.4, -0.2) is 20.1 Å². The first kappa shape index (κ1) is 22.8. The predicted molar refractivity (Wildman–Crippen MR) is 106 cm³/mol. The molecule has 2 aromatic carbocycles. The summed E-state index contributed by atoms with van der Waals surface area (Å²) in [4.78, 5) is 9.18. The van der Waals surface area contributed by atoms with Gasteiger partial charge in [0.05, 0.1) is 17.3 Å². The van der Waals surface area contributed by atoms with Crippen molar-refractivity contribution in [3.8, 4) is 5.75 Å². The molecule has 25 heavy (non-hydrogen) atoms. The Morgan fingerprint density at radius 1 is 1.12 bits per heavy atom. The third kappa shape index (κ3) is 8.45. The molecular formula is C20H28ClNO3. The average molecular weight is 366 g/mol. The van der Waals surface area contributed by atoms with Crippen LogP contribution in [0.2, 0.25) is 5.02 Å². The van der Waals surface area contributed by atoms with E-state index < -0.39 is 0 Å². The minimum atomic E-state index is 0.431. The van der Waals surface area contributed by atoms with E-state index in [-0.39, 0.29) is 0 Å². The van der Waals surface area contributed by atoms with E-state index in [4.69, 9.17) is 16.3 Å². The van der Waals surface area contributed by atoms with Gasteiger partial charge in [-0.1, -0.05) is 55.8 Å². The maximum absolute atomic E-state index is 9.18. The molecule has 0 fully saturated rings. The normalized spacial score (nSPS) is 8.88. The van der Waals surface area contributed by atoms with Gasteiger partial charge in [0.25, 0.3) is 6.47 Å². The molecule has 0 aliphatic heterocycles. The van der Waals surface area contributed by atoms with Gasteiger partial charge in [-0.3, -0.25) is 4.79 Å². The molecule has 2 rings (SSSR count). The molecule has 1 N–H and O–H groups in total. The van der Waals surface area contributed by atoms with Crippen molar-refractivity contribution in [2.75, 3.05) is 19.0 Å². The van der Waals surface area contributed by atoms with Gasteiger partial charge in [-0.15, -0.1) is 0 Å². The summed E-state index contributed by atoms with van der Waals surface area (Å²) in [5.74, 6) is 0.902. The zero-order chi connectivity index (χ0) is 19.1. The maximum atomic E-state index is 9.18. The minimum absolute atomic E-state index is 0.431. The zero-order valence-electron chi connectivity index (χ0n) is 15.6. The van der Waals surface area contributed by atoms with Gasteiger partial charge in [-0.25, -0.2) is 0 Å². The van der Waals surface area contributed by atoms with Crippen LogP contribution < -0.4 is 10.1 Å². The van der Waals surface area contributed by atoms with Gasteiger partial charge >= 0.3 is 0 Å². The third-order valence-corrected chi connectivity index (χ3v) is 3.38. The summed E-state index contributed by atoms with van der Waals surface area (Å²) in [6, 6.07) is 13.8. The Kier molecular flexibility index (Phi) is 12.9. The lowest BCUT2D eigenvalue weighted by atomic mass is 10.2. The lowest BCUT2D eigenvalue weighted by molar-refractivity contribution is -0.128. The van der Waals surface area contributed by atoms with E-state index in [1.165, 1.54) is 0 Å². The molecule has 4 nitrogen and oxygen atoms in total. The summed E-state index contributed by atoms with van der Waals surface area (Å²) in [5, 5.41) is 3.81. The zero-order valence-corrected chi connectivity index (χ0v) is 16.4. The van der Waals surface area contributed by atoms with Gasteiger partial charge in [0, 0.05) is 12.6 Å². The molecule has 5 heteroatoms. The Balaban J connectivity index is 0.000000710. The van der Waals surface area contributed by atoms with Crippen molar-refractivity contribution in [1.82, 2.24) is 0 Å². The predicted octanol–water partition coefficient (Wildman–Crippen LogP) is 5.47. The molecular weight excluding hydrogens is 338 g/mol. The number of nitrogens with one attached hydrogen (secondary N) is 1. The fourth-order valence-corrected chi connectivity index (χ4v) is 2.20. The van der Waals surface area contributed by atoms with Crippen molar-refractivity contribution in [3.63, 3.8) is 0 Å². The summed E-state index contributed by atoms with van der Waals surface area (Å²) < 4.78 is 9.97. The molecule has 0 saturated carbocycles. The molecule has 0 atom stereocenters. The summed E-state index contributed by atoms with van der Waals surface area (Å²) in [7, 11) is 1.86. The first-order valence-corrected chi connectivity index (χ1v) is 8.70. The van der Waals surface area contributed by atoms with Crippen molar-refractivity contribution in [2.24, 2.45) is 0 Å². The highest BCUT2D eigenvalue weighted by molar-refractivity contribution is 6.33. The van der Waals surface area contributed by atoms with Crippen LogP contribution in [0.3, 0.4) is 0 Å². The molecule has 138 valence electrons. The lowest BCUT2D eigenvalue weighted by Gasteiger charge is -2.13. The first-order valence-electron chi connectivity index (χ1n) is 8.32. The quantitative estimate of drug-likeness (QED) is 0.689. The third-order valence-electron chi connectivity index (χ3n) is 3.06. The van der Waals surface area contributed by atoms with E-state index in [0.29, 0.717) is 24.7 Å². The molecule has 0 aliphatic rings. The van der Waals surface area contributed by atoms with Crippen molar-refractivity contribution < 1.29 is 14.3 Å². The van der Waals surface area contributed by atoms with Crippen LogP contribution in [-0.2, 0) is 16.1 Å². The van der Waals surface area contributed by atoms with E-state index in [1.807, 2.05) is 70.3 Å². The smallest absolute Gasteiger partial charge is 0.293 e. The van der Waals surface area contributed by atoms with E-state index in [0.717, 1.165) is 22.6 Å². The molecule has 0 bridgehead atoms. The van der Waals surface area contributed by atoms with Crippen LogP contribution in [0.5, 0.6) is 5.75 Å². The van der Waals surface area contributed by atoms with Gasteiger partial charge < -0.3 is 14.8 Å². The van der Waals surface area contributed by atoms with Crippen LogP contribution in [0.25, 0.3) is 0 Å². The number of carbonyl (C=O) groups excluding carboxylic acids is 1. The molecule has 0 unspecified atom stereocenters. The molecule has 0 heterocycles. The molecule has 0 aliphatic carbocycles. The van der Waals surface area contributed by atoms with Crippen LogP contribution in [0.1, 0.15) is 31.9 Å². The first-order chi connectivity index (χ1) is 12.1. The molecule has 0 amide bonds. The number of hydrogen-bond donors (Lipinski definition) is 1. The standard InChI is InChI=1S/C15H16ClNO.C3H6O2.C2H6/c1-11-6-3-4-9-14(11)18-10-12-7-5-8-13(16)15(12)17-2;1-2-5-3-4;1-2/h3-9,17H,10H2,1-2H3;3H,2H2,1H3;1-2H3. The fraction of sp³-hybridized carbons (Fsp3) is 0.350. The van der Waals surface area contributed by atoms with Crippen molar-refractivity contribution >= 4 is 23.8 Å². The fourth-order valence-electron chi connectivity index (χ4n) is 1.91. The monoisotopic (exact) mass is 365 g/mol. The van der Waals surface area contributed by atoms with Gasteiger partial charge in [0.2, 0.25) is 0 Å². The van der Waals surface area contributed by atoms with Crippen molar-refractivity contribution in [2.45, 2.75) is 34.3 Å². The largest absolute Gasteiger partial charge is 0.489 e. The van der Waals surface area contributed by atoms with Crippen LogP contribution in [0, 0.1) is 6.92 Å². The SMILES string of the molecule is CC.CCOC=O.CNc1c(Cl)cccc1COc1ccccc1C. The maximum Gasteiger partial charge on any atom is 0.293 e. The number of para-hydroxylation sites is 2. The summed E-state index contributed by atoms with van der Waals surface area (Å²) >= 11 is 6.12. The summed E-state index contributed by atoms with van der Waals surface area (Å²) in [5.41, 5.74) is 3.10. The molecule has 2 aromatic rings. The Labute approximate surface area is 156 Å². The van der Waals surface area contributed by atoms with E-state index in [1.54, 1.807) is 6.92 Å². The molecule has 0 radical (unpaired) electrons. The van der Waals surface area contributed by atoms with Crippen LogP contribution in [0.15, 0.2) is 42.5 Å². The van der Waals surface area contributed by atoms with Gasteiger partial charge in [-0.2, -0.15) is 0 Å². The number of anilines is 1. The van der Waals surface area contributed by atoms with Crippen LogP contribution in [0.4, 0.5) is 5.69 Å². The summed E-state index contributed by atoms with van der Waals surface area (Å²) in [6.07, 6.45) is 0. The number of rotatable bonds is 6. The Hall–Kier alpha value is -2.20. The Bertz CT molecular complexity index is 618. The van der Waals surface area contributed by atoms with Crippen LogP contribution >= 0.6 is 11.6 Å². The number of ether oxygens (including phenoxy) is 2. The number of hydrogen-bond acceptors (Lipinski definition) is 4. The molecule has 0 saturated heterocycles. The molecule has 0 spiro atoms. The Morgan fingerprint density at radius 3 is 2.32 bits per heavy atom. The van der Waals surface area contributed by atoms with E-state index >= 15 is 0 Å². The highest BCUT2D eigenvalue weighted by Crippen LogP contribution is 2.27. The van der Waals surface area contributed by atoms with Gasteiger partial charge in [-0.05, 0) is 31.5 Å². The second-order valence-corrected chi connectivity index (χ2v) is 5.04. The topological polar surface area (TPSA) is 47.6 Å². The minimum Gasteiger partial charge on any atom is -0.489 e. The number of halogens is 1. The van der Waals surface area contributed by atoms with E-state index in [9.17, 15) is 4.79 Å². The highest BCUT2D eigenvalue weighted by atomic mass is 35.5. The van der Waals surface area contributed by atoms with Crippen molar-refractivity contribution in [3.05, 3.63) is 58.6 Å². The average Bonchev–Trinajstić information content (AvgIpc) is 2.64. The summed E-state index contributed by atoms with van der Waals surface area (Å²) in [6.45, 7) is 9.20. The number of aryl methyl sites for hydroxylation is 1. The lowest BCUT2D eigenvalue weighted by Crippen LogP contribution is -2.01. The van der Waals surface area contributed by atoms with Crippen molar-refractivity contribution in [1.29, 1.82) is 0 Å². The van der Waals surface area contributed by atoms with Gasteiger partial charge in [0.1, 0.15) is 12.4 Å². The number of carbonyl (C=O) groups is 1. The van der Waals surface area contributed by atoms with Gasteiger partial charge in [0.15, 0.2) is 0 Å². The Morgan fingerprint density at radius 2 is 1.80 bits per heavy atom. The number of benzene rings is 2. The molecule has 0 aromatic heterocycles. The highest BCUT2D eigenvalue weighted by Gasteiger charge is 2.06.